The highest BCUT2D eigenvalue weighted by molar-refractivity contribution is 7.99. The van der Waals surface area contributed by atoms with E-state index in [0.717, 1.165) is 163 Å². The molecule has 117 heavy (non-hydrogen) atoms. The van der Waals surface area contributed by atoms with E-state index >= 15 is 0 Å². The zero-order chi connectivity index (χ0) is 82.2. The molecular weight excluding hydrogens is 1530 g/mol. The van der Waals surface area contributed by atoms with Crippen LogP contribution in [0, 0.1) is 51.8 Å². The number of sulfonamides is 2. The molecule has 6 aromatic carbocycles. The van der Waals surface area contributed by atoms with Gasteiger partial charge in [-0.25, -0.2) is 26.3 Å². The molecule has 4 heterocycles. The summed E-state index contributed by atoms with van der Waals surface area (Å²) in [5, 5.41) is 7.47. The molecule has 0 spiro atoms. The Kier molecular flexibility index (Phi) is 25.6. The smallest absolute Gasteiger partial charge is 0.264 e. The van der Waals surface area contributed by atoms with E-state index in [9.17, 15) is 26.4 Å². The number of benzene rings is 6. The van der Waals surface area contributed by atoms with Gasteiger partial charge in [0.15, 0.2) is 0 Å². The third-order valence-corrected chi connectivity index (χ3v) is 33.4. The molecule has 20 heteroatoms. The van der Waals surface area contributed by atoms with E-state index in [4.69, 9.17) is 0 Å². The fourth-order valence-electron chi connectivity index (χ4n) is 21.6. The van der Waals surface area contributed by atoms with Crippen molar-refractivity contribution in [3.63, 3.8) is 0 Å². The minimum atomic E-state index is -4.08. The Morgan fingerprint density at radius 2 is 0.786 bits per heavy atom. The maximum atomic E-state index is 13.5. The molecule has 0 aromatic heterocycles. The summed E-state index contributed by atoms with van der Waals surface area (Å²) in [6, 6.07) is 46.3. The lowest BCUT2D eigenvalue weighted by molar-refractivity contribution is -0.167. The summed E-state index contributed by atoms with van der Waals surface area (Å²) >= 11 is 3.68. The molecule has 16 nitrogen and oxygen atoms in total. The number of amides is 2. The number of rotatable bonds is 30. The number of piperazine rings is 2. The third kappa shape index (κ3) is 20.8. The highest BCUT2D eigenvalue weighted by atomic mass is 32.2. The summed E-state index contributed by atoms with van der Waals surface area (Å²) in [7, 11) is -8.15. The van der Waals surface area contributed by atoms with Crippen molar-refractivity contribution in [3.8, 4) is 0 Å². The second kappa shape index (κ2) is 35.1. The summed E-state index contributed by atoms with van der Waals surface area (Å²) in [5.74, 6) is 0.554. The van der Waals surface area contributed by atoms with E-state index in [1.165, 1.54) is 113 Å². The van der Waals surface area contributed by atoms with Gasteiger partial charge in [-0.2, -0.15) is 0 Å². The number of nitrogens with one attached hydrogen (secondary N) is 4. The number of anilines is 4. The minimum absolute atomic E-state index is 0.0813. The number of carbonyl (C=O) groups is 2. The molecule has 18 rings (SSSR count). The first kappa shape index (κ1) is 85.4. The van der Waals surface area contributed by atoms with Crippen molar-refractivity contribution in [1.29, 1.82) is 0 Å². The van der Waals surface area contributed by atoms with E-state index in [2.05, 4.69) is 153 Å². The summed E-state index contributed by atoms with van der Waals surface area (Å²) in [6.45, 7) is 40.0. The topological polar surface area (TPSA) is 170 Å². The van der Waals surface area contributed by atoms with E-state index in [1.54, 1.807) is 59.7 Å². The first-order chi connectivity index (χ1) is 55.7. The predicted molar refractivity (Wildman–Crippen MR) is 483 cm³/mol. The number of piperidine rings is 1. The van der Waals surface area contributed by atoms with E-state index in [-0.39, 0.29) is 21.9 Å². The molecule has 12 aliphatic rings. The lowest BCUT2D eigenvalue weighted by atomic mass is 9.33. The van der Waals surface area contributed by atoms with Crippen molar-refractivity contribution in [2.24, 2.45) is 37.9 Å². The summed E-state index contributed by atoms with van der Waals surface area (Å²) in [6.07, 6.45) is 23.0. The quantitative estimate of drug-likeness (QED) is 0.0248. The van der Waals surface area contributed by atoms with Gasteiger partial charge < -0.3 is 30.2 Å². The summed E-state index contributed by atoms with van der Waals surface area (Å²) in [5.41, 5.74) is 16.9. The Labute approximate surface area is 709 Å². The third-order valence-electron chi connectivity index (χ3n) is 28.4. The predicted octanol–water partition coefficient (Wildman–Crippen LogP) is 19.0. The second-order valence-corrected chi connectivity index (χ2v) is 45.6. The highest BCUT2D eigenvalue weighted by Crippen LogP contribution is 2.79. The molecule has 4 bridgehead atoms. The van der Waals surface area contributed by atoms with Crippen LogP contribution in [0.4, 0.5) is 22.7 Å². The van der Waals surface area contributed by atoms with Crippen LogP contribution in [0.5, 0.6) is 0 Å². The largest absolute Gasteiger partial charge is 0.381 e. The number of allylic oxidation sites excluding steroid dienone is 2. The Morgan fingerprint density at radius 3 is 1.15 bits per heavy atom. The number of likely N-dealkylation sites (tertiary alicyclic amines) is 2. The molecule has 10 fully saturated rings. The van der Waals surface area contributed by atoms with Gasteiger partial charge in [-0.3, -0.25) is 19.4 Å². The van der Waals surface area contributed by atoms with Crippen molar-refractivity contribution in [2.45, 2.75) is 216 Å². The molecule has 2 amide bonds. The number of thioether (sulfide) groups is 2. The molecule has 0 unspecified atom stereocenters. The van der Waals surface area contributed by atoms with Crippen molar-refractivity contribution in [1.82, 2.24) is 29.0 Å². The first-order valence-electron chi connectivity index (χ1n) is 44.0. The second-order valence-electron chi connectivity index (χ2n) is 40.1. The molecule has 4 N–H and O–H groups in total. The van der Waals surface area contributed by atoms with E-state index < -0.39 is 31.9 Å². The van der Waals surface area contributed by atoms with Crippen LogP contribution in [-0.4, -0.2) is 177 Å². The molecular formula is C97H132N10O6S4. The first-order valence-corrected chi connectivity index (χ1v) is 49.0. The van der Waals surface area contributed by atoms with Gasteiger partial charge in [0.2, 0.25) is 0 Å². The molecule has 8 aliphatic carbocycles. The van der Waals surface area contributed by atoms with Crippen molar-refractivity contribution < 1.29 is 26.4 Å². The van der Waals surface area contributed by atoms with E-state index in [1.807, 2.05) is 97.0 Å². The Balaban J connectivity index is 0.000000184. The fourth-order valence-corrected chi connectivity index (χ4v) is 25.7. The van der Waals surface area contributed by atoms with Crippen LogP contribution in [-0.2, 0) is 20.0 Å². The van der Waals surface area contributed by atoms with Gasteiger partial charge >= 0.3 is 0 Å². The Bertz CT molecular complexity index is 4770. The van der Waals surface area contributed by atoms with Gasteiger partial charge in [-0.1, -0.05) is 114 Å². The highest BCUT2D eigenvalue weighted by Gasteiger charge is 2.68. The van der Waals surface area contributed by atoms with Gasteiger partial charge in [0.1, 0.15) is 0 Å². The molecule has 4 saturated heterocycles. The SMILES string of the molecule is Cc1cc(S(=O)(=O)NC(=O)c2ccc(N3CCN(CC4=C(C56CC(C)(C5)C6)CC(C)(C)CC4)CC3)cc2)ccc1N[C@H](CCN1CCC(C)(C)CC1)CSc1ccccc1.Cc1cc(S(=O)(=O)NC(=O)c2ccc(N3CCN(CC4=C(C56CC(C)(C5)C6)CC(C)(C)CC4)CC3)cc2)ccc1N[C@H](CCN1CCCC1)CSc1ccccc1. The molecule has 630 valence electrons. The number of hydrogen-bond donors (Lipinski definition) is 4. The normalized spacial score (nSPS) is 25.7. The molecule has 6 aromatic rings. The Morgan fingerprint density at radius 1 is 0.419 bits per heavy atom. The van der Waals surface area contributed by atoms with Crippen LogP contribution in [0.2, 0.25) is 0 Å². The van der Waals surface area contributed by atoms with Gasteiger partial charge in [0.25, 0.3) is 31.9 Å². The average molecular weight is 1660 g/mol. The minimum Gasteiger partial charge on any atom is -0.381 e. The fraction of sp³-hybridized carbons (Fsp3) is 0.567. The molecule has 2 atom stereocenters. The number of carbonyl (C=O) groups excluding carboxylic acids is 2. The number of hydrogen-bond acceptors (Lipinski definition) is 16. The standard InChI is InChI=1S/C50H69N5O3S2.C47H63N5O3S2/c1-37-30-43(16-17-45(37)51-40(33-59-42-10-8-7-9-11-42)19-23-53-24-21-47(2,3)22-25-53)60(57,58)52-46(56)38-12-14-41(15-13-38)55-28-26-54(27-29-55)32-39-18-20-48(4,5)31-44(39)50-34-49(6,35-50)36-50;1-35-28-41(16-17-43(35)48-38(19-23-50-21-8-9-22-50)31-56-40-10-6-5-7-11-40)57(54,55)49-44(53)36-12-14-39(15-13-36)52-26-24-51(25-27-52)30-37-18-20-45(2,3)29-42(37)47-32-46(4,33-47)34-47/h7-17,30,40,51H,18-29,31-36H2,1-6H3,(H,52,56);5-7,10-17,28,38,48H,8-9,18-27,29-34H2,1-4H3,(H,49,53)/t40-,49?,50?;38-,46?,47?/m11/s1. The zero-order valence-corrected chi connectivity index (χ0v) is 75.0. The summed E-state index contributed by atoms with van der Waals surface area (Å²) in [4.78, 5) is 44.4. The zero-order valence-electron chi connectivity index (χ0n) is 71.7. The number of nitrogens with zero attached hydrogens (tertiary/aromatic N) is 6. The average Bonchev–Trinajstić information content (AvgIpc) is 0.825. The van der Waals surface area contributed by atoms with Crippen molar-refractivity contribution in [3.05, 3.63) is 190 Å². The van der Waals surface area contributed by atoms with Crippen LogP contribution in [0.3, 0.4) is 0 Å². The maximum Gasteiger partial charge on any atom is 0.264 e. The lowest BCUT2D eigenvalue weighted by Crippen LogP contribution is -2.61. The van der Waals surface area contributed by atoms with Gasteiger partial charge in [0, 0.05) is 146 Å². The monoisotopic (exact) mass is 1660 g/mol. The molecule has 6 saturated carbocycles. The van der Waals surface area contributed by atoms with Gasteiger partial charge in [-0.05, 0) is 314 Å². The van der Waals surface area contributed by atoms with E-state index in [0.29, 0.717) is 49.0 Å². The van der Waals surface area contributed by atoms with Crippen LogP contribution in [0.25, 0.3) is 0 Å². The molecule has 0 radical (unpaired) electrons. The summed E-state index contributed by atoms with van der Waals surface area (Å²) < 4.78 is 58.7. The maximum absolute atomic E-state index is 13.5. The van der Waals surface area contributed by atoms with Crippen molar-refractivity contribution >= 4 is 78.1 Å². The number of aryl methyl sites for hydroxylation is 2. The van der Waals surface area contributed by atoms with Gasteiger partial charge in [-0.15, -0.1) is 23.5 Å². The van der Waals surface area contributed by atoms with Crippen LogP contribution in [0.1, 0.15) is 203 Å². The lowest BCUT2D eigenvalue weighted by Gasteiger charge is -2.72. The Hall–Kier alpha value is -6.62. The van der Waals surface area contributed by atoms with Crippen LogP contribution >= 0.6 is 23.5 Å². The van der Waals surface area contributed by atoms with Crippen LogP contribution in [0.15, 0.2) is 187 Å². The van der Waals surface area contributed by atoms with Gasteiger partial charge in [0.05, 0.1) is 9.79 Å². The van der Waals surface area contributed by atoms with Crippen LogP contribution < -0.4 is 29.9 Å². The van der Waals surface area contributed by atoms with Crippen molar-refractivity contribution in [2.75, 3.05) is 137 Å². The molecule has 4 aliphatic heterocycles.